The molecular formula is C42H44ClF2N7O6. The van der Waals surface area contributed by atoms with E-state index in [-0.39, 0.29) is 42.6 Å². The number of piperidine rings is 2. The number of nitrogens with one attached hydrogen (secondary N) is 4. The Balaban J connectivity index is 0.866. The zero-order chi connectivity index (χ0) is 41.7. The number of amides is 5. The van der Waals surface area contributed by atoms with Gasteiger partial charge in [-0.15, -0.1) is 0 Å². The number of imide groups is 2. The molecule has 1 atom stereocenters. The molecular weight excluding hydrogens is 772 g/mol. The van der Waals surface area contributed by atoms with Crippen LogP contribution < -0.4 is 30.9 Å². The van der Waals surface area contributed by atoms with Gasteiger partial charge < -0.3 is 25.6 Å². The molecule has 304 valence electrons. The third-order valence-electron chi connectivity index (χ3n) is 11.9. The van der Waals surface area contributed by atoms with Crippen molar-refractivity contribution in [2.24, 2.45) is 10.8 Å². The van der Waals surface area contributed by atoms with Crippen LogP contribution in [0.15, 0.2) is 48.5 Å². The Morgan fingerprint density at radius 2 is 1.66 bits per heavy atom. The van der Waals surface area contributed by atoms with Crippen LogP contribution in [0.4, 0.5) is 20.2 Å². The first-order valence-corrected chi connectivity index (χ1v) is 19.6. The number of carbonyl (C=O) groups excluding carboxylic acids is 5. The smallest absolute Gasteiger partial charge is 0.265 e. The zero-order valence-corrected chi connectivity index (χ0v) is 33.3. The number of anilines is 2. The van der Waals surface area contributed by atoms with Crippen molar-refractivity contribution in [3.05, 3.63) is 87.4 Å². The number of nitriles is 1. The molecule has 3 aromatic carbocycles. The highest BCUT2D eigenvalue weighted by Crippen LogP contribution is 2.55. The number of rotatable bonds is 11. The Morgan fingerprint density at radius 1 is 0.966 bits per heavy atom. The first-order valence-electron chi connectivity index (χ1n) is 19.3. The molecule has 3 fully saturated rings. The molecule has 5 amide bonds. The monoisotopic (exact) mass is 815 g/mol. The van der Waals surface area contributed by atoms with Crippen LogP contribution in [0.2, 0.25) is 5.02 Å². The summed E-state index contributed by atoms with van der Waals surface area (Å²) in [7, 11) is 0. The molecule has 7 rings (SSSR count). The van der Waals surface area contributed by atoms with E-state index in [1.54, 1.807) is 30.3 Å². The summed E-state index contributed by atoms with van der Waals surface area (Å²) in [6.45, 7) is 9.97. The highest BCUT2D eigenvalue weighted by Gasteiger charge is 2.64. The third-order valence-corrected chi connectivity index (χ3v) is 12.2. The number of carbonyl (C=O) groups is 5. The van der Waals surface area contributed by atoms with Gasteiger partial charge in [0, 0.05) is 72.8 Å². The third kappa shape index (κ3) is 7.35. The summed E-state index contributed by atoms with van der Waals surface area (Å²) in [6, 6.07) is 13.7. The highest BCUT2D eigenvalue weighted by molar-refractivity contribution is 6.31. The number of fused-ring (bicyclic) bond motifs is 1. The van der Waals surface area contributed by atoms with E-state index < -0.39 is 63.3 Å². The Hall–Kier alpha value is -5.59. The van der Waals surface area contributed by atoms with Gasteiger partial charge in [-0.25, -0.2) is 8.78 Å². The van der Waals surface area contributed by atoms with Gasteiger partial charge >= 0.3 is 0 Å². The van der Waals surface area contributed by atoms with Gasteiger partial charge in [0.25, 0.3) is 17.7 Å². The van der Waals surface area contributed by atoms with Gasteiger partial charge in [-0.05, 0) is 61.7 Å². The maximum absolute atomic E-state index is 15.9. The second kappa shape index (κ2) is 15.6. The minimum Gasteiger partial charge on any atom is -0.489 e. The maximum Gasteiger partial charge on any atom is 0.265 e. The van der Waals surface area contributed by atoms with Gasteiger partial charge in [0.1, 0.15) is 35.5 Å². The van der Waals surface area contributed by atoms with Gasteiger partial charge in [0.05, 0.1) is 21.7 Å². The average Bonchev–Trinajstić information content (AvgIpc) is 3.43. The molecule has 0 aromatic heterocycles. The molecule has 2 saturated heterocycles. The van der Waals surface area contributed by atoms with Crippen LogP contribution in [0.25, 0.3) is 0 Å². The molecule has 13 nitrogen and oxygen atoms in total. The lowest BCUT2D eigenvalue weighted by Crippen LogP contribution is -2.74. The summed E-state index contributed by atoms with van der Waals surface area (Å²) >= 11 is 6.22. The van der Waals surface area contributed by atoms with Crippen molar-refractivity contribution < 1.29 is 37.5 Å². The predicted molar refractivity (Wildman–Crippen MR) is 211 cm³/mol. The van der Waals surface area contributed by atoms with E-state index in [1.807, 2.05) is 45.9 Å². The summed E-state index contributed by atoms with van der Waals surface area (Å²) < 4.78 is 37.6. The summed E-state index contributed by atoms with van der Waals surface area (Å²) in [6.07, 6.45) is 0.738. The van der Waals surface area contributed by atoms with Crippen molar-refractivity contribution in [3.63, 3.8) is 0 Å². The van der Waals surface area contributed by atoms with E-state index in [4.69, 9.17) is 16.3 Å². The first kappa shape index (κ1) is 40.6. The number of halogens is 3. The molecule has 1 unspecified atom stereocenters. The minimum atomic E-state index is -1.28. The number of nitrogens with zero attached hydrogens (tertiary/aromatic N) is 3. The molecule has 16 heteroatoms. The Kier molecular flexibility index (Phi) is 10.9. The van der Waals surface area contributed by atoms with Gasteiger partial charge in [-0.3, -0.25) is 34.2 Å². The highest BCUT2D eigenvalue weighted by atomic mass is 35.5. The van der Waals surface area contributed by atoms with Crippen molar-refractivity contribution >= 4 is 52.5 Å². The average molecular weight is 816 g/mol. The van der Waals surface area contributed by atoms with E-state index in [0.29, 0.717) is 65.8 Å². The minimum absolute atomic E-state index is 0.0721. The maximum atomic E-state index is 15.9. The summed E-state index contributed by atoms with van der Waals surface area (Å²) in [5.74, 6) is -5.09. The van der Waals surface area contributed by atoms with E-state index in [1.165, 1.54) is 4.90 Å². The lowest BCUT2D eigenvalue weighted by Gasteiger charge is -2.63. The molecule has 4 N–H and O–H groups in total. The first-order chi connectivity index (χ1) is 27.5. The van der Waals surface area contributed by atoms with Gasteiger partial charge in [-0.1, -0.05) is 39.3 Å². The molecule has 4 aliphatic rings. The lowest BCUT2D eigenvalue weighted by atomic mass is 9.49. The fourth-order valence-electron chi connectivity index (χ4n) is 9.17. The van der Waals surface area contributed by atoms with E-state index >= 15 is 8.78 Å². The molecule has 3 heterocycles. The molecule has 1 aliphatic carbocycles. The SMILES string of the molecule is CC1(C)[C@H](NC(=O)c2ccc(NCCNC3CCN(c4c(F)cc5c(c4F)C(=O)N(C4CCC(=O)NC4=O)C5=O)CC3)cc2)C(C)(C)[C@H]1Oc1ccc(C#N)c(Cl)c1. The van der Waals surface area contributed by atoms with Gasteiger partial charge in [0.2, 0.25) is 11.8 Å². The Labute approximate surface area is 339 Å². The second-order valence-electron chi connectivity index (χ2n) is 16.4. The van der Waals surface area contributed by atoms with Crippen molar-refractivity contribution in [1.29, 1.82) is 5.26 Å². The molecule has 1 saturated carbocycles. The number of hydrogen-bond donors (Lipinski definition) is 4. The molecule has 58 heavy (non-hydrogen) atoms. The van der Waals surface area contributed by atoms with Crippen LogP contribution in [0, 0.1) is 33.8 Å². The van der Waals surface area contributed by atoms with Crippen LogP contribution in [0.1, 0.15) is 90.0 Å². The standard InChI is InChI=1S/C42H44ClF2N7O6/c1-41(2)39(42(3,4)40(41)58-26-10-7-23(21-46)28(43)19-26)50-35(54)22-5-8-24(9-6-22)47-15-16-48-25-13-17-51(18-14-25)34-29(44)20-27-32(33(34)45)38(57)52(37(27)56)30-11-12-31(53)49-36(30)55/h5-10,19-20,25,30,39-40,47-48H,11-18H2,1-4H3,(H,50,54)(H,49,53,55)/t30?,39-,40-. The molecule has 0 bridgehead atoms. The van der Waals surface area contributed by atoms with Crippen LogP contribution in [0.5, 0.6) is 5.75 Å². The van der Waals surface area contributed by atoms with Crippen LogP contribution >= 0.6 is 11.6 Å². The van der Waals surface area contributed by atoms with Gasteiger partial charge in [0.15, 0.2) is 5.82 Å². The summed E-state index contributed by atoms with van der Waals surface area (Å²) in [5.41, 5.74) is -0.463. The predicted octanol–water partition coefficient (Wildman–Crippen LogP) is 5.17. The summed E-state index contributed by atoms with van der Waals surface area (Å²) in [5, 5.41) is 21.6. The Bertz CT molecular complexity index is 2220. The van der Waals surface area contributed by atoms with Crippen molar-refractivity contribution in [1.82, 2.24) is 20.9 Å². The molecule has 3 aromatic rings. The van der Waals surface area contributed by atoms with Crippen molar-refractivity contribution in [3.8, 4) is 11.8 Å². The molecule has 3 aliphatic heterocycles. The molecule has 0 spiro atoms. The number of benzene rings is 3. The van der Waals surface area contributed by atoms with Crippen molar-refractivity contribution in [2.45, 2.75) is 77.6 Å². The number of hydrogen-bond acceptors (Lipinski definition) is 10. The van der Waals surface area contributed by atoms with E-state index in [0.717, 1.165) is 11.8 Å². The normalized spacial score (nSPS) is 22.5. The van der Waals surface area contributed by atoms with Crippen LogP contribution in [0.3, 0.4) is 0 Å². The van der Waals surface area contributed by atoms with E-state index in [9.17, 15) is 29.2 Å². The fraction of sp³-hybridized carbons (Fsp3) is 0.429. The van der Waals surface area contributed by atoms with E-state index in [2.05, 4.69) is 21.3 Å². The topological polar surface area (TPSA) is 173 Å². The lowest BCUT2D eigenvalue weighted by molar-refractivity contribution is -0.164. The van der Waals surface area contributed by atoms with Gasteiger partial charge in [-0.2, -0.15) is 5.26 Å². The second-order valence-corrected chi connectivity index (χ2v) is 16.8. The zero-order valence-electron chi connectivity index (χ0n) is 32.5. The quantitative estimate of drug-likeness (QED) is 0.149. The fourth-order valence-corrected chi connectivity index (χ4v) is 9.38. The Morgan fingerprint density at radius 3 is 2.29 bits per heavy atom. The summed E-state index contributed by atoms with van der Waals surface area (Å²) in [4.78, 5) is 65.7. The van der Waals surface area contributed by atoms with Crippen LogP contribution in [-0.2, 0) is 9.59 Å². The van der Waals surface area contributed by atoms with Crippen LogP contribution in [-0.4, -0.2) is 84.8 Å². The largest absolute Gasteiger partial charge is 0.489 e. The number of ether oxygens (including phenoxy) is 1. The van der Waals surface area contributed by atoms with Crippen molar-refractivity contribution in [2.75, 3.05) is 36.4 Å². The molecule has 0 radical (unpaired) electrons.